The number of hydrogen-bond acceptors (Lipinski definition) is 4. The normalized spacial score (nSPS) is 21.8. The smallest absolute Gasteiger partial charge is 0.255 e. The third-order valence-corrected chi connectivity index (χ3v) is 9.70. The highest BCUT2D eigenvalue weighted by Gasteiger charge is 2.56. The molecular formula is C36H35FN4O2. The number of nitrogens with zero attached hydrogens (tertiary/aromatic N) is 3. The molecule has 1 saturated heterocycles. The summed E-state index contributed by atoms with van der Waals surface area (Å²) < 4.78 is 14.5. The molecule has 8 rings (SSSR count). The largest absolute Gasteiger partial charge is 0.508 e. The number of phenols is 1. The molecule has 1 amide bonds. The lowest BCUT2D eigenvalue weighted by atomic mass is 9.86. The summed E-state index contributed by atoms with van der Waals surface area (Å²) in [6.07, 6.45) is 2.48. The van der Waals surface area contributed by atoms with Crippen molar-refractivity contribution in [2.24, 2.45) is 5.92 Å². The number of hydrogen-bond donors (Lipinski definition) is 2. The van der Waals surface area contributed by atoms with Gasteiger partial charge < -0.3 is 19.9 Å². The number of phenolic OH excluding ortho intramolecular Hbond substituents is 1. The Kier molecular flexibility index (Phi) is 6.40. The number of rotatable bonds is 5. The van der Waals surface area contributed by atoms with Crippen LogP contribution in [0.15, 0.2) is 84.9 Å². The van der Waals surface area contributed by atoms with E-state index in [4.69, 9.17) is 4.98 Å². The molecule has 7 heteroatoms. The van der Waals surface area contributed by atoms with Gasteiger partial charge >= 0.3 is 0 Å². The fourth-order valence-corrected chi connectivity index (χ4v) is 7.30. The first-order chi connectivity index (χ1) is 20.4. The number of aromatic nitrogens is 2. The topological polar surface area (TPSA) is 72.5 Å². The maximum Gasteiger partial charge on any atom is 0.255 e. The van der Waals surface area contributed by atoms with Gasteiger partial charge in [-0.1, -0.05) is 56.0 Å². The van der Waals surface area contributed by atoms with E-state index in [9.17, 15) is 14.3 Å². The van der Waals surface area contributed by atoms with E-state index < -0.39 is 11.9 Å². The molecule has 218 valence electrons. The zero-order valence-corrected chi connectivity index (χ0v) is 23.3. The summed E-state index contributed by atoms with van der Waals surface area (Å²) in [6.45, 7) is 2.64. The Hall–Kier alpha value is -4.49. The summed E-state index contributed by atoms with van der Waals surface area (Å²) in [5, 5.41) is 10.8. The van der Waals surface area contributed by atoms with Crippen molar-refractivity contribution in [2.45, 2.75) is 38.3 Å². The number of nitrogens with one attached hydrogen (secondary N) is 1. The van der Waals surface area contributed by atoms with Crippen LogP contribution in [0.25, 0.3) is 22.2 Å². The molecule has 2 fully saturated rings. The Morgan fingerprint density at radius 3 is 2.60 bits per heavy atom. The second-order valence-electron chi connectivity index (χ2n) is 12.2. The van der Waals surface area contributed by atoms with E-state index in [1.54, 1.807) is 4.90 Å². The van der Waals surface area contributed by atoms with Gasteiger partial charge in [-0.15, -0.1) is 0 Å². The SMILES string of the molecule is C.CN1CCC2(c3ccc(-c4ccc5c(c4)C(=O)N(C(c4nc6ccccc6[nH]4)c4cc(F)ccc4O)C5)cc3)CC2C1. The fourth-order valence-electron chi connectivity index (χ4n) is 7.30. The van der Waals surface area contributed by atoms with Crippen LogP contribution in [-0.2, 0) is 12.0 Å². The molecule has 2 N–H and O–H groups in total. The molecule has 3 heterocycles. The number of aromatic hydroxyl groups is 1. The molecule has 5 aromatic rings. The van der Waals surface area contributed by atoms with Gasteiger partial charge in [0.2, 0.25) is 0 Å². The maximum atomic E-state index is 14.5. The number of amides is 1. The quantitative estimate of drug-likeness (QED) is 0.236. The van der Waals surface area contributed by atoms with Gasteiger partial charge in [-0.3, -0.25) is 4.79 Å². The van der Waals surface area contributed by atoms with Crippen LogP contribution in [0.5, 0.6) is 5.75 Å². The molecule has 3 unspecified atom stereocenters. The lowest BCUT2D eigenvalue weighted by molar-refractivity contribution is 0.0723. The number of carbonyl (C=O) groups excluding carboxylic acids is 1. The predicted molar refractivity (Wildman–Crippen MR) is 166 cm³/mol. The summed E-state index contributed by atoms with van der Waals surface area (Å²) >= 11 is 0. The molecule has 2 aliphatic heterocycles. The van der Waals surface area contributed by atoms with Crippen molar-refractivity contribution in [2.75, 3.05) is 20.1 Å². The van der Waals surface area contributed by atoms with Gasteiger partial charge in [-0.05, 0) is 91.0 Å². The maximum absolute atomic E-state index is 14.5. The van der Waals surface area contributed by atoms with Gasteiger partial charge in [-0.25, -0.2) is 9.37 Å². The standard InChI is InChI=1S/C35H31FN4O2.CH4/c1-39-15-14-35(18-25(35)20-39)24-10-8-21(9-11-24)22-6-7-23-19-40(34(42)27(23)16-22)32(28-17-26(36)12-13-31(28)41)33-37-29-4-2-3-5-30(29)38-33;/h2-13,16-17,25,32,41H,14-15,18-20H2,1H3,(H,37,38);1H4. The van der Waals surface area contributed by atoms with Crippen LogP contribution < -0.4 is 0 Å². The van der Waals surface area contributed by atoms with Crippen molar-refractivity contribution < 1.29 is 14.3 Å². The Morgan fingerprint density at radius 2 is 1.81 bits per heavy atom. The highest BCUT2D eigenvalue weighted by Crippen LogP contribution is 2.59. The molecule has 1 aromatic heterocycles. The number of H-pyrrole nitrogens is 1. The Morgan fingerprint density at radius 1 is 1.02 bits per heavy atom. The lowest BCUT2D eigenvalue weighted by Gasteiger charge is -2.29. The average Bonchev–Trinajstić information content (AvgIpc) is 3.43. The van der Waals surface area contributed by atoms with Gasteiger partial charge in [0.1, 0.15) is 23.4 Å². The third-order valence-electron chi connectivity index (χ3n) is 9.70. The summed E-state index contributed by atoms with van der Waals surface area (Å²) in [7, 11) is 2.21. The van der Waals surface area contributed by atoms with E-state index in [1.165, 1.54) is 43.1 Å². The summed E-state index contributed by atoms with van der Waals surface area (Å²) in [4.78, 5) is 26.2. The van der Waals surface area contributed by atoms with E-state index in [0.717, 1.165) is 40.2 Å². The molecule has 43 heavy (non-hydrogen) atoms. The van der Waals surface area contributed by atoms with Gasteiger partial charge in [0.15, 0.2) is 0 Å². The zero-order chi connectivity index (χ0) is 28.6. The van der Waals surface area contributed by atoms with Gasteiger partial charge in [0, 0.05) is 29.6 Å². The zero-order valence-electron chi connectivity index (χ0n) is 23.3. The number of imidazole rings is 1. The van der Waals surface area contributed by atoms with E-state index in [0.29, 0.717) is 23.3 Å². The summed E-state index contributed by atoms with van der Waals surface area (Å²) in [6, 6.07) is 25.5. The van der Waals surface area contributed by atoms with Gasteiger partial charge in [0.05, 0.1) is 11.0 Å². The number of para-hydroxylation sites is 2. The number of benzene rings is 4. The van der Waals surface area contributed by atoms with Crippen LogP contribution in [-0.4, -0.2) is 50.9 Å². The van der Waals surface area contributed by atoms with E-state index in [2.05, 4.69) is 47.3 Å². The molecule has 1 saturated carbocycles. The van der Waals surface area contributed by atoms with Crippen LogP contribution >= 0.6 is 0 Å². The second kappa shape index (κ2) is 10.1. The number of halogens is 1. The first-order valence-electron chi connectivity index (χ1n) is 14.6. The van der Waals surface area contributed by atoms with E-state index >= 15 is 0 Å². The highest BCUT2D eigenvalue weighted by molar-refractivity contribution is 6.00. The summed E-state index contributed by atoms with van der Waals surface area (Å²) in [5.74, 6) is 0.469. The van der Waals surface area contributed by atoms with Crippen LogP contribution in [0.3, 0.4) is 0 Å². The number of likely N-dealkylation sites (tertiary alicyclic amines) is 1. The molecule has 4 aromatic carbocycles. The predicted octanol–water partition coefficient (Wildman–Crippen LogP) is 7.05. The molecular weight excluding hydrogens is 539 g/mol. The van der Waals surface area contributed by atoms with Crippen LogP contribution in [0.4, 0.5) is 4.39 Å². The Labute approximate surface area is 250 Å². The second-order valence-corrected chi connectivity index (χ2v) is 12.2. The first-order valence-corrected chi connectivity index (χ1v) is 14.6. The van der Waals surface area contributed by atoms with Crippen molar-refractivity contribution in [1.82, 2.24) is 19.8 Å². The minimum atomic E-state index is -0.795. The van der Waals surface area contributed by atoms with Crippen LogP contribution in [0.1, 0.15) is 59.2 Å². The van der Waals surface area contributed by atoms with Gasteiger partial charge in [-0.2, -0.15) is 0 Å². The number of carbonyl (C=O) groups is 1. The highest BCUT2D eigenvalue weighted by atomic mass is 19.1. The molecule has 0 bridgehead atoms. The van der Waals surface area contributed by atoms with Crippen LogP contribution in [0, 0.1) is 11.7 Å². The van der Waals surface area contributed by atoms with E-state index in [1.807, 2.05) is 36.4 Å². The summed E-state index contributed by atoms with van der Waals surface area (Å²) in [5.41, 5.74) is 7.17. The van der Waals surface area contributed by atoms with Crippen molar-refractivity contribution >= 4 is 16.9 Å². The first kappa shape index (κ1) is 27.3. The minimum absolute atomic E-state index is 0. The van der Waals surface area contributed by atoms with Crippen molar-refractivity contribution in [1.29, 1.82) is 0 Å². The molecule has 3 atom stereocenters. The Balaban J connectivity index is 0.00000300. The molecule has 1 aliphatic carbocycles. The monoisotopic (exact) mass is 574 g/mol. The number of aromatic amines is 1. The fraction of sp³-hybridized carbons (Fsp3) is 0.278. The third kappa shape index (κ3) is 4.41. The van der Waals surface area contributed by atoms with Crippen molar-refractivity contribution in [3.05, 3.63) is 119 Å². The van der Waals surface area contributed by atoms with Crippen molar-refractivity contribution in [3.63, 3.8) is 0 Å². The minimum Gasteiger partial charge on any atom is -0.508 e. The van der Waals surface area contributed by atoms with Crippen LogP contribution in [0.2, 0.25) is 0 Å². The number of piperidine rings is 1. The molecule has 3 aliphatic rings. The molecule has 0 spiro atoms. The molecule has 0 radical (unpaired) electrons. The average molecular weight is 575 g/mol. The van der Waals surface area contributed by atoms with E-state index in [-0.39, 0.29) is 24.6 Å². The lowest BCUT2D eigenvalue weighted by Crippen LogP contribution is -2.33. The number of fused-ring (bicyclic) bond motifs is 3. The molecule has 6 nitrogen and oxygen atoms in total. The Bertz CT molecular complexity index is 1830. The van der Waals surface area contributed by atoms with Crippen molar-refractivity contribution in [3.8, 4) is 16.9 Å². The van der Waals surface area contributed by atoms with Gasteiger partial charge in [0.25, 0.3) is 5.91 Å².